The number of hydrogen-bond acceptors (Lipinski definition) is 5. The summed E-state index contributed by atoms with van der Waals surface area (Å²) in [4.78, 5) is 28.7. The van der Waals surface area contributed by atoms with E-state index in [9.17, 15) is 14.0 Å². The first kappa shape index (κ1) is 20.4. The van der Waals surface area contributed by atoms with Crippen LogP contribution < -0.4 is 15.4 Å². The van der Waals surface area contributed by atoms with Gasteiger partial charge in [-0.2, -0.15) is 5.10 Å². The minimum Gasteiger partial charge on any atom is -0.484 e. The van der Waals surface area contributed by atoms with Gasteiger partial charge in [0.05, 0.1) is 10.7 Å². The first-order valence-electron chi connectivity index (χ1n) is 10.0. The lowest BCUT2D eigenvalue weighted by Crippen LogP contribution is -2.84. The quantitative estimate of drug-likeness (QED) is 0.570. The summed E-state index contributed by atoms with van der Waals surface area (Å²) in [6.07, 6.45) is 5.04. The lowest BCUT2D eigenvalue weighted by molar-refractivity contribution is -0.141. The van der Waals surface area contributed by atoms with Crippen molar-refractivity contribution in [2.45, 2.75) is 30.3 Å². The van der Waals surface area contributed by atoms with Crippen LogP contribution in [0.1, 0.15) is 29.6 Å². The maximum Gasteiger partial charge on any atom is 0.258 e. The van der Waals surface area contributed by atoms with Crippen LogP contribution in [0.2, 0.25) is 5.02 Å². The van der Waals surface area contributed by atoms with Gasteiger partial charge < -0.3 is 15.4 Å². The van der Waals surface area contributed by atoms with Crippen LogP contribution in [0, 0.1) is 5.82 Å². The van der Waals surface area contributed by atoms with E-state index in [0.717, 1.165) is 11.8 Å². The number of ether oxygens (including phenoxy) is 1. The molecule has 8 nitrogen and oxygen atoms in total. The maximum absolute atomic E-state index is 13.4. The predicted molar refractivity (Wildman–Crippen MR) is 113 cm³/mol. The lowest BCUT2D eigenvalue weighted by Gasteiger charge is -2.70. The second-order valence-corrected chi connectivity index (χ2v) is 8.75. The zero-order valence-electron chi connectivity index (χ0n) is 16.8. The summed E-state index contributed by atoms with van der Waals surface area (Å²) in [6.45, 7) is -0.222. The van der Waals surface area contributed by atoms with Gasteiger partial charge in [-0.05, 0) is 55.7 Å². The monoisotopic (exact) mass is 455 g/mol. The van der Waals surface area contributed by atoms with Crippen molar-refractivity contribution < 1.29 is 18.7 Å². The summed E-state index contributed by atoms with van der Waals surface area (Å²) >= 11 is 5.63. The van der Waals surface area contributed by atoms with Gasteiger partial charge in [0, 0.05) is 22.7 Å². The third-order valence-corrected chi connectivity index (χ3v) is 6.19. The van der Waals surface area contributed by atoms with Crippen LogP contribution in [0.3, 0.4) is 0 Å². The number of carbonyl (C=O) groups is 2. The molecule has 0 unspecified atom stereocenters. The van der Waals surface area contributed by atoms with Gasteiger partial charge in [0.15, 0.2) is 6.61 Å². The van der Waals surface area contributed by atoms with E-state index in [1.807, 2.05) is 0 Å². The Morgan fingerprint density at radius 3 is 2.47 bits per heavy atom. The standard InChI is InChI=1S/C22H19ClFN5O3/c23-17-6-5-16(7-18(17)24)32-8-19(30)27-21-9-22(10-21,11-21)28-20(31)14-1-3-15(4-2-14)29-13-25-12-26-29/h1-7,12-13H,8-11H2,(H,27,30)(H,28,31). The van der Waals surface area contributed by atoms with E-state index in [2.05, 4.69) is 20.7 Å². The minimum absolute atomic E-state index is 0.00540. The molecule has 0 aliphatic heterocycles. The molecule has 1 heterocycles. The number of hydrogen-bond donors (Lipinski definition) is 2. The average Bonchev–Trinajstić information content (AvgIpc) is 3.27. The summed E-state index contributed by atoms with van der Waals surface area (Å²) in [6, 6.07) is 11.1. The smallest absolute Gasteiger partial charge is 0.258 e. The van der Waals surface area contributed by atoms with Gasteiger partial charge in [0.25, 0.3) is 11.8 Å². The molecule has 3 aromatic rings. The second-order valence-electron chi connectivity index (χ2n) is 8.34. The van der Waals surface area contributed by atoms with E-state index in [-0.39, 0.29) is 40.3 Å². The van der Waals surface area contributed by atoms with Crippen LogP contribution >= 0.6 is 11.6 Å². The Balaban J connectivity index is 1.09. The van der Waals surface area contributed by atoms with Gasteiger partial charge in [-0.25, -0.2) is 14.1 Å². The largest absolute Gasteiger partial charge is 0.484 e. The number of nitrogens with one attached hydrogen (secondary N) is 2. The van der Waals surface area contributed by atoms with Gasteiger partial charge in [-0.3, -0.25) is 9.59 Å². The van der Waals surface area contributed by atoms with Gasteiger partial charge >= 0.3 is 0 Å². The molecule has 2 aromatic carbocycles. The zero-order valence-corrected chi connectivity index (χ0v) is 17.6. The molecule has 164 valence electrons. The van der Waals surface area contributed by atoms with Crippen LogP contribution in [0.4, 0.5) is 4.39 Å². The minimum atomic E-state index is -0.602. The molecule has 32 heavy (non-hydrogen) atoms. The summed E-state index contributed by atoms with van der Waals surface area (Å²) in [7, 11) is 0. The first-order chi connectivity index (χ1) is 15.4. The molecule has 2 amide bonds. The van der Waals surface area contributed by atoms with Crippen LogP contribution in [-0.2, 0) is 4.79 Å². The predicted octanol–water partition coefficient (Wildman–Crippen LogP) is 2.66. The van der Waals surface area contributed by atoms with Gasteiger partial charge in [0.1, 0.15) is 24.2 Å². The van der Waals surface area contributed by atoms with Gasteiger partial charge in [-0.1, -0.05) is 11.6 Å². The summed E-state index contributed by atoms with van der Waals surface area (Å²) < 4.78 is 20.4. The van der Waals surface area contributed by atoms with Crippen molar-refractivity contribution in [2.75, 3.05) is 6.61 Å². The molecule has 1 aromatic heterocycles. The molecule has 0 spiro atoms. The number of nitrogens with zero attached hydrogens (tertiary/aromatic N) is 3. The molecule has 3 saturated carbocycles. The van der Waals surface area contributed by atoms with Crippen molar-refractivity contribution in [3.05, 3.63) is 71.5 Å². The number of rotatable bonds is 7. The number of halogens is 2. The van der Waals surface area contributed by atoms with Crippen LogP contribution in [0.25, 0.3) is 5.69 Å². The van der Waals surface area contributed by atoms with Crippen molar-refractivity contribution in [2.24, 2.45) is 0 Å². The Bertz CT molecular complexity index is 1160. The SMILES string of the molecule is O=C(COc1ccc(Cl)c(F)c1)NC12CC(NC(=O)c3ccc(-n4cncn4)cc3)(C1)C2. The van der Waals surface area contributed by atoms with E-state index in [4.69, 9.17) is 16.3 Å². The molecule has 6 rings (SSSR count). The highest BCUT2D eigenvalue weighted by molar-refractivity contribution is 6.30. The molecule has 2 N–H and O–H groups in total. The van der Waals surface area contributed by atoms with Crippen molar-refractivity contribution in [3.63, 3.8) is 0 Å². The maximum atomic E-state index is 13.4. The van der Waals surface area contributed by atoms with Crippen molar-refractivity contribution in [1.82, 2.24) is 25.4 Å². The van der Waals surface area contributed by atoms with E-state index < -0.39 is 5.82 Å². The fraction of sp³-hybridized carbons (Fsp3) is 0.273. The number of aromatic nitrogens is 3. The molecule has 3 aliphatic rings. The molecule has 2 bridgehead atoms. The van der Waals surface area contributed by atoms with Crippen LogP contribution in [-0.4, -0.2) is 44.3 Å². The molecule has 3 aliphatic carbocycles. The lowest BCUT2D eigenvalue weighted by atomic mass is 9.44. The highest BCUT2D eigenvalue weighted by atomic mass is 35.5. The molecular formula is C22H19ClFN5O3. The Hall–Kier alpha value is -3.46. The highest BCUT2D eigenvalue weighted by Gasteiger charge is 2.69. The molecule has 0 atom stereocenters. The molecule has 0 radical (unpaired) electrons. The average molecular weight is 456 g/mol. The van der Waals surface area contributed by atoms with Gasteiger partial charge in [0.2, 0.25) is 0 Å². The fourth-order valence-corrected chi connectivity index (χ4v) is 4.64. The third kappa shape index (κ3) is 3.80. The zero-order chi connectivity index (χ0) is 22.3. The summed E-state index contributed by atoms with van der Waals surface area (Å²) in [5.41, 5.74) is 0.778. The van der Waals surface area contributed by atoms with E-state index in [1.165, 1.54) is 18.5 Å². The number of amides is 2. The van der Waals surface area contributed by atoms with E-state index >= 15 is 0 Å². The van der Waals surface area contributed by atoms with Crippen LogP contribution in [0.5, 0.6) is 5.75 Å². The fourth-order valence-electron chi connectivity index (χ4n) is 4.52. The first-order valence-corrected chi connectivity index (χ1v) is 10.4. The summed E-state index contributed by atoms with van der Waals surface area (Å²) in [5, 5.41) is 10.1. The van der Waals surface area contributed by atoms with Gasteiger partial charge in [-0.15, -0.1) is 0 Å². The Morgan fingerprint density at radius 2 is 1.81 bits per heavy atom. The highest BCUT2D eigenvalue weighted by Crippen LogP contribution is 2.60. The van der Waals surface area contributed by atoms with Crippen molar-refractivity contribution in [3.8, 4) is 11.4 Å². The van der Waals surface area contributed by atoms with E-state index in [1.54, 1.807) is 35.3 Å². The third-order valence-electron chi connectivity index (χ3n) is 5.89. The molecular weight excluding hydrogens is 437 g/mol. The van der Waals surface area contributed by atoms with E-state index in [0.29, 0.717) is 24.8 Å². The second kappa shape index (κ2) is 7.59. The normalized spacial score (nSPS) is 22.9. The molecule has 0 saturated heterocycles. The van der Waals surface area contributed by atoms with Crippen LogP contribution in [0.15, 0.2) is 55.1 Å². The number of carbonyl (C=O) groups excluding carboxylic acids is 2. The summed E-state index contributed by atoms with van der Waals surface area (Å²) in [5.74, 6) is -0.806. The Labute approximate surface area is 187 Å². The Morgan fingerprint density at radius 1 is 1.09 bits per heavy atom. The molecule has 10 heteroatoms. The number of benzene rings is 2. The van der Waals surface area contributed by atoms with Crippen molar-refractivity contribution in [1.29, 1.82) is 0 Å². The Kier molecular flexibility index (Phi) is 4.85. The molecule has 3 fully saturated rings. The topological polar surface area (TPSA) is 98.1 Å². The van der Waals surface area contributed by atoms with Crippen molar-refractivity contribution >= 4 is 23.4 Å².